The molecule has 212 valence electrons. The number of benzene rings is 2. The summed E-state index contributed by atoms with van der Waals surface area (Å²) in [6, 6.07) is 18.5. The summed E-state index contributed by atoms with van der Waals surface area (Å²) in [5.74, 6) is 1.77. The van der Waals surface area contributed by atoms with E-state index in [0.717, 1.165) is 26.0 Å². The topological polar surface area (TPSA) is 99.5 Å². The maximum absolute atomic E-state index is 13.4. The SMILES string of the molecule is CCC(Nc1cc(Br)cc(OC)n1)c1cc(F)ccc1O.Cc1cc(Br)nc(NC(C)(C)c2ccccc2O)c1. The van der Waals surface area contributed by atoms with Crippen molar-refractivity contribution < 1.29 is 19.3 Å². The highest BCUT2D eigenvalue weighted by Gasteiger charge is 2.24. The molecule has 1 atom stereocenters. The number of nitrogens with zero attached hydrogens (tertiary/aromatic N) is 2. The third kappa shape index (κ3) is 8.56. The number of rotatable bonds is 8. The number of anilines is 2. The van der Waals surface area contributed by atoms with Crippen molar-refractivity contribution in [3.8, 4) is 17.4 Å². The average molecular weight is 676 g/mol. The lowest BCUT2D eigenvalue weighted by atomic mass is 9.93. The Morgan fingerprint density at radius 3 is 2.33 bits per heavy atom. The molecule has 0 saturated carbocycles. The first kappa shape index (κ1) is 31.2. The molecule has 0 aliphatic carbocycles. The molecule has 0 aliphatic heterocycles. The van der Waals surface area contributed by atoms with Gasteiger partial charge in [0.25, 0.3) is 0 Å². The van der Waals surface area contributed by atoms with Gasteiger partial charge >= 0.3 is 0 Å². The quantitative estimate of drug-likeness (QED) is 0.139. The summed E-state index contributed by atoms with van der Waals surface area (Å²) in [6.45, 7) is 7.99. The Hall–Kier alpha value is -3.37. The van der Waals surface area contributed by atoms with Crippen LogP contribution in [0.5, 0.6) is 17.4 Å². The van der Waals surface area contributed by atoms with Gasteiger partial charge in [0.2, 0.25) is 5.88 Å². The molecule has 0 amide bonds. The highest BCUT2D eigenvalue weighted by Crippen LogP contribution is 2.33. The summed E-state index contributed by atoms with van der Waals surface area (Å²) < 4.78 is 20.1. The van der Waals surface area contributed by atoms with E-state index in [2.05, 4.69) is 52.5 Å². The highest BCUT2D eigenvalue weighted by atomic mass is 79.9. The molecule has 0 bridgehead atoms. The first-order chi connectivity index (χ1) is 18.9. The Bertz CT molecular complexity index is 1430. The van der Waals surface area contributed by atoms with Crippen LogP contribution in [-0.4, -0.2) is 27.3 Å². The van der Waals surface area contributed by atoms with Gasteiger partial charge in [0.15, 0.2) is 0 Å². The lowest BCUT2D eigenvalue weighted by Crippen LogP contribution is -2.28. The molecule has 7 nitrogen and oxygen atoms in total. The van der Waals surface area contributed by atoms with Crippen LogP contribution < -0.4 is 15.4 Å². The maximum Gasteiger partial charge on any atom is 0.216 e. The molecule has 10 heteroatoms. The van der Waals surface area contributed by atoms with Gasteiger partial charge in [-0.15, -0.1) is 0 Å². The van der Waals surface area contributed by atoms with Gasteiger partial charge in [0, 0.05) is 21.7 Å². The van der Waals surface area contributed by atoms with E-state index < -0.39 is 5.54 Å². The number of aromatic nitrogens is 2. The van der Waals surface area contributed by atoms with E-state index >= 15 is 0 Å². The standard InChI is InChI=1S/C15H16BrFN2O2.C15H17BrN2O/c1-3-12(11-8-10(17)4-5-13(11)20)18-14-6-9(16)7-15(19-14)21-2;1-10-8-13(16)17-14(9-10)18-15(2,3)11-6-4-5-7-12(11)19/h4-8,12,20H,3H2,1-2H3,(H,18,19);4-9,19H,1-3H3,(H,17,18). The maximum atomic E-state index is 13.4. The molecule has 0 fully saturated rings. The molecule has 0 saturated heterocycles. The van der Waals surface area contributed by atoms with E-state index in [-0.39, 0.29) is 23.4 Å². The zero-order valence-corrected chi connectivity index (χ0v) is 26.1. The number of ether oxygens (including phenoxy) is 1. The minimum Gasteiger partial charge on any atom is -0.508 e. The molecule has 2 aromatic carbocycles. The lowest BCUT2D eigenvalue weighted by molar-refractivity contribution is 0.398. The van der Waals surface area contributed by atoms with Crippen molar-refractivity contribution in [3.63, 3.8) is 0 Å². The van der Waals surface area contributed by atoms with Crippen molar-refractivity contribution in [2.75, 3.05) is 17.7 Å². The number of phenols is 2. The Kier molecular flexibility index (Phi) is 10.8. The molecule has 2 heterocycles. The van der Waals surface area contributed by atoms with Crippen molar-refractivity contribution in [2.24, 2.45) is 0 Å². The van der Waals surface area contributed by atoms with Crippen LogP contribution in [0.25, 0.3) is 0 Å². The minimum atomic E-state index is -0.411. The van der Waals surface area contributed by atoms with E-state index in [1.54, 1.807) is 18.2 Å². The monoisotopic (exact) mass is 674 g/mol. The van der Waals surface area contributed by atoms with Crippen LogP contribution in [0.15, 0.2) is 75.8 Å². The van der Waals surface area contributed by atoms with Crippen molar-refractivity contribution in [3.05, 3.63) is 98.3 Å². The number of methoxy groups -OCH3 is 1. The molecule has 0 radical (unpaired) electrons. The summed E-state index contributed by atoms with van der Waals surface area (Å²) in [4.78, 5) is 8.68. The van der Waals surface area contributed by atoms with Gasteiger partial charge in [-0.1, -0.05) is 41.1 Å². The Morgan fingerprint density at radius 1 is 0.950 bits per heavy atom. The molecule has 4 rings (SSSR count). The molecule has 0 aliphatic rings. The second kappa shape index (κ2) is 13.8. The van der Waals surface area contributed by atoms with Crippen molar-refractivity contribution in [1.82, 2.24) is 9.97 Å². The molecule has 0 spiro atoms. The zero-order valence-electron chi connectivity index (χ0n) is 23.0. The predicted molar refractivity (Wildman–Crippen MR) is 165 cm³/mol. The highest BCUT2D eigenvalue weighted by molar-refractivity contribution is 9.10. The van der Waals surface area contributed by atoms with Gasteiger partial charge in [0.1, 0.15) is 33.6 Å². The van der Waals surface area contributed by atoms with Gasteiger partial charge in [-0.25, -0.2) is 9.37 Å². The van der Waals surface area contributed by atoms with Gasteiger partial charge in [0.05, 0.1) is 18.7 Å². The molecule has 4 N–H and O–H groups in total. The fourth-order valence-electron chi connectivity index (χ4n) is 4.11. The molecular weight excluding hydrogens is 643 g/mol. The van der Waals surface area contributed by atoms with Crippen molar-refractivity contribution in [1.29, 1.82) is 0 Å². The number of halogens is 3. The van der Waals surface area contributed by atoms with Gasteiger partial charge in [-0.2, -0.15) is 4.98 Å². The number of aryl methyl sites for hydroxylation is 1. The second-order valence-electron chi connectivity index (χ2n) is 9.64. The number of nitrogens with one attached hydrogen (secondary N) is 2. The predicted octanol–water partition coefficient (Wildman–Crippen LogP) is 8.47. The van der Waals surface area contributed by atoms with Crippen LogP contribution in [0.2, 0.25) is 0 Å². The van der Waals surface area contributed by atoms with Crippen LogP contribution in [-0.2, 0) is 5.54 Å². The normalized spacial score (nSPS) is 11.7. The second-order valence-corrected chi connectivity index (χ2v) is 11.4. The molecule has 2 aromatic heterocycles. The van der Waals surface area contributed by atoms with Crippen LogP contribution in [0.3, 0.4) is 0 Å². The summed E-state index contributed by atoms with van der Waals surface area (Å²) in [5, 5.41) is 26.4. The summed E-state index contributed by atoms with van der Waals surface area (Å²) >= 11 is 6.77. The van der Waals surface area contributed by atoms with Crippen molar-refractivity contribution in [2.45, 2.75) is 45.7 Å². The number of aromatic hydroxyl groups is 2. The Labute approximate surface area is 251 Å². The van der Waals surface area contributed by atoms with Crippen LogP contribution in [0.1, 0.15) is 49.9 Å². The van der Waals surface area contributed by atoms with Crippen molar-refractivity contribution >= 4 is 43.5 Å². The third-order valence-corrected chi connectivity index (χ3v) is 6.89. The third-order valence-electron chi connectivity index (χ3n) is 6.03. The van der Waals surface area contributed by atoms with Gasteiger partial charge in [-0.3, -0.25) is 0 Å². The van der Waals surface area contributed by atoms with E-state index in [4.69, 9.17) is 4.74 Å². The van der Waals surface area contributed by atoms with Crippen LogP contribution in [0.4, 0.5) is 16.0 Å². The van der Waals surface area contributed by atoms with E-state index in [0.29, 0.717) is 23.7 Å². The number of pyridine rings is 2. The molecule has 4 aromatic rings. The van der Waals surface area contributed by atoms with Crippen LogP contribution >= 0.6 is 31.9 Å². The number of phenolic OH excluding ortho intramolecular Hbond substituents is 2. The summed E-state index contributed by atoms with van der Waals surface area (Å²) in [6.07, 6.45) is 0.660. The van der Waals surface area contributed by atoms with Gasteiger partial charge in [-0.05, 0) is 91.1 Å². The minimum absolute atomic E-state index is 0.0534. The smallest absolute Gasteiger partial charge is 0.216 e. The number of para-hydroxylation sites is 1. The fourth-order valence-corrected chi connectivity index (χ4v) is 5.08. The summed E-state index contributed by atoms with van der Waals surface area (Å²) in [5.41, 5.74) is 2.05. The molecular formula is C30H33Br2FN4O3. The Balaban J connectivity index is 0.000000222. The van der Waals surface area contributed by atoms with Crippen LogP contribution in [0, 0.1) is 12.7 Å². The largest absolute Gasteiger partial charge is 0.508 e. The summed E-state index contributed by atoms with van der Waals surface area (Å²) in [7, 11) is 1.54. The zero-order chi connectivity index (χ0) is 29.4. The number of hydrogen-bond donors (Lipinski definition) is 4. The lowest BCUT2D eigenvalue weighted by Gasteiger charge is -2.28. The van der Waals surface area contributed by atoms with E-state index in [1.807, 2.05) is 58.0 Å². The van der Waals surface area contributed by atoms with Gasteiger partial charge < -0.3 is 25.6 Å². The molecule has 1 unspecified atom stereocenters. The first-order valence-corrected chi connectivity index (χ1v) is 14.2. The Morgan fingerprint density at radius 2 is 1.68 bits per heavy atom. The van der Waals surface area contributed by atoms with E-state index in [9.17, 15) is 14.6 Å². The fraction of sp³-hybridized carbons (Fsp3) is 0.267. The average Bonchev–Trinajstić information content (AvgIpc) is 2.88. The first-order valence-electron chi connectivity index (χ1n) is 12.6. The van der Waals surface area contributed by atoms with E-state index in [1.165, 1.54) is 25.3 Å². The number of hydrogen-bond acceptors (Lipinski definition) is 7. The molecule has 40 heavy (non-hydrogen) atoms.